The van der Waals surface area contributed by atoms with Crippen LogP contribution in [0.15, 0.2) is 48.5 Å². The molecule has 0 saturated carbocycles. The van der Waals surface area contributed by atoms with Crippen LogP contribution in [-0.2, 0) is 0 Å². The van der Waals surface area contributed by atoms with Crippen LogP contribution < -0.4 is 0 Å². The summed E-state index contributed by atoms with van der Waals surface area (Å²) in [5, 5.41) is 21.9. The molecule has 2 aromatic carbocycles. The van der Waals surface area contributed by atoms with Gasteiger partial charge >= 0.3 is 0 Å². The van der Waals surface area contributed by atoms with Gasteiger partial charge in [0.25, 0.3) is 11.6 Å². The predicted molar refractivity (Wildman–Crippen MR) is 97.9 cm³/mol. The normalized spacial score (nSPS) is 16.3. The minimum Gasteiger partial charge on any atom is -0.388 e. The molecule has 3 rings (SSSR count). The average molecular weight is 354 g/mol. The summed E-state index contributed by atoms with van der Waals surface area (Å²) in [7, 11) is 0. The Bertz CT molecular complexity index is 799. The molecule has 1 heterocycles. The van der Waals surface area contributed by atoms with Crippen molar-refractivity contribution in [2.24, 2.45) is 5.92 Å². The van der Waals surface area contributed by atoms with Crippen LogP contribution in [0.2, 0.25) is 0 Å². The monoisotopic (exact) mass is 354 g/mol. The smallest absolute Gasteiger partial charge is 0.285 e. The summed E-state index contributed by atoms with van der Waals surface area (Å²) in [4.78, 5) is 25.3. The van der Waals surface area contributed by atoms with E-state index in [-0.39, 0.29) is 23.1 Å². The van der Waals surface area contributed by atoms with E-state index in [1.54, 1.807) is 24.0 Å². The van der Waals surface area contributed by atoms with Crippen molar-refractivity contribution in [1.29, 1.82) is 0 Å². The van der Waals surface area contributed by atoms with E-state index >= 15 is 0 Å². The molecule has 0 bridgehead atoms. The number of likely N-dealkylation sites (tertiary alicyclic amines) is 1. The third-order valence-corrected chi connectivity index (χ3v) is 5.07. The van der Waals surface area contributed by atoms with Gasteiger partial charge in [0.15, 0.2) is 0 Å². The maximum atomic E-state index is 12.8. The predicted octanol–water partition coefficient (Wildman–Crippen LogP) is 3.49. The van der Waals surface area contributed by atoms with Crippen molar-refractivity contribution in [2.75, 3.05) is 13.1 Å². The van der Waals surface area contributed by atoms with E-state index in [9.17, 15) is 20.0 Å². The highest BCUT2D eigenvalue weighted by atomic mass is 16.6. The van der Waals surface area contributed by atoms with E-state index < -0.39 is 11.0 Å². The first kappa shape index (κ1) is 18.1. The lowest BCUT2D eigenvalue weighted by Gasteiger charge is -2.34. The summed E-state index contributed by atoms with van der Waals surface area (Å²) in [6.45, 7) is 2.61. The van der Waals surface area contributed by atoms with Crippen LogP contribution in [0.1, 0.15) is 40.4 Å². The zero-order valence-electron chi connectivity index (χ0n) is 14.7. The quantitative estimate of drug-likeness (QED) is 0.673. The van der Waals surface area contributed by atoms with Crippen molar-refractivity contribution < 1.29 is 14.8 Å². The first-order valence-corrected chi connectivity index (χ1v) is 8.75. The summed E-state index contributed by atoms with van der Waals surface area (Å²) in [5.74, 6) is -0.234. The third kappa shape index (κ3) is 3.60. The van der Waals surface area contributed by atoms with Crippen LogP contribution in [0.5, 0.6) is 0 Å². The van der Waals surface area contributed by atoms with Crippen molar-refractivity contribution in [3.8, 4) is 0 Å². The Labute approximate surface area is 152 Å². The van der Waals surface area contributed by atoms with Gasteiger partial charge in [0.05, 0.1) is 11.0 Å². The van der Waals surface area contributed by atoms with Gasteiger partial charge in [0.1, 0.15) is 5.56 Å². The van der Waals surface area contributed by atoms with Crippen molar-refractivity contribution in [1.82, 2.24) is 4.90 Å². The second kappa shape index (κ2) is 7.66. The van der Waals surface area contributed by atoms with E-state index in [0.29, 0.717) is 31.5 Å². The molecule has 6 nitrogen and oxygen atoms in total. The number of benzene rings is 2. The largest absolute Gasteiger partial charge is 0.388 e. The average Bonchev–Trinajstić information content (AvgIpc) is 2.67. The van der Waals surface area contributed by atoms with Crippen LogP contribution in [0.3, 0.4) is 0 Å². The molecule has 136 valence electrons. The molecule has 2 aromatic rings. The fourth-order valence-corrected chi connectivity index (χ4v) is 3.58. The SMILES string of the molecule is Cc1cccc(C(=O)N2CCC(C(O)c3ccccc3)CC2)c1[N+](=O)[O-]. The number of amides is 1. The lowest BCUT2D eigenvalue weighted by Crippen LogP contribution is -2.40. The number of hydrogen-bond donors (Lipinski definition) is 1. The Morgan fingerprint density at radius 3 is 2.42 bits per heavy atom. The molecule has 0 radical (unpaired) electrons. The van der Waals surface area contributed by atoms with Crippen LogP contribution in [0, 0.1) is 23.0 Å². The van der Waals surface area contributed by atoms with Crippen LogP contribution in [0.25, 0.3) is 0 Å². The van der Waals surface area contributed by atoms with Crippen LogP contribution in [-0.4, -0.2) is 33.9 Å². The number of rotatable bonds is 4. The van der Waals surface area contributed by atoms with Gasteiger partial charge in [-0.3, -0.25) is 14.9 Å². The zero-order chi connectivity index (χ0) is 18.7. The standard InChI is InChI=1S/C20H22N2O4/c1-14-6-5-9-17(18(14)22(25)26)20(24)21-12-10-16(11-13-21)19(23)15-7-3-2-4-8-15/h2-9,16,19,23H,10-13H2,1H3. The molecule has 6 heteroatoms. The van der Waals surface area contributed by atoms with E-state index in [4.69, 9.17) is 0 Å². The number of aryl methyl sites for hydroxylation is 1. The molecule has 1 atom stereocenters. The molecule has 1 aliphatic rings. The molecule has 26 heavy (non-hydrogen) atoms. The van der Waals surface area contributed by atoms with Gasteiger partial charge in [-0.05, 0) is 37.3 Å². The number of piperidine rings is 1. The summed E-state index contributed by atoms with van der Waals surface area (Å²) in [5.41, 5.74) is 1.38. The maximum absolute atomic E-state index is 12.8. The van der Waals surface area contributed by atoms with Crippen molar-refractivity contribution in [3.05, 3.63) is 75.3 Å². The molecule has 0 aliphatic carbocycles. The van der Waals surface area contributed by atoms with E-state index in [1.807, 2.05) is 30.3 Å². The van der Waals surface area contributed by atoms with E-state index in [1.165, 1.54) is 6.07 Å². The highest BCUT2D eigenvalue weighted by molar-refractivity contribution is 5.98. The number of nitro benzene ring substituents is 1. The highest BCUT2D eigenvalue weighted by Gasteiger charge is 2.31. The Balaban J connectivity index is 1.70. The number of carbonyl (C=O) groups is 1. The molecule has 0 aromatic heterocycles. The fraction of sp³-hybridized carbons (Fsp3) is 0.350. The Hall–Kier alpha value is -2.73. The first-order chi connectivity index (χ1) is 12.5. The Morgan fingerprint density at radius 1 is 1.15 bits per heavy atom. The minimum absolute atomic E-state index is 0.0777. The second-order valence-corrected chi connectivity index (χ2v) is 6.71. The van der Waals surface area contributed by atoms with Gasteiger partial charge in [-0.25, -0.2) is 0 Å². The molecule has 1 amide bonds. The summed E-state index contributed by atoms with van der Waals surface area (Å²) in [6.07, 6.45) is 0.782. The van der Waals surface area contributed by atoms with Gasteiger partial charge in [0.2, 0.25) is 0 Å². The molecular weight excluding hydrogens is 332 g/mol. The van der Waals surface area contributed by atoms with Crippen molar-refractivity contribution in [2.45, 2.75) is 25.9 Å². The van der Waals surface area contributed by atoms with Crippen LogP contribution >= 0.6 is 0 Å². The highest BCUT2D eigenvalue weighted by Crippen LogP contribution is 2.32. The summed E-state index contributed by atoms with van der Waals surface area (Å²) in [6, 6.07) is 14.3. The molecule has 1 N–H and O–H groups in total. The van der Waals surface area contributed by atoms with Crippen molar-refractivity contribution in [3.63, 3.8) is 0 Å². The molecule has 1 saturated heterocycles. The molecule has 0 spiro atoms. The van der Waals surface area contributed by atoms with Crippen LogP contribution in [0.4, 0.5) is 5.69 Å². The number of hydrogen-bond acceptors (Lipinski definition) is 4. The lowest BCUT2D eigenvalue weighted by atomic mass is 9.87. The van der Waals surface area contributed by atoms with Gasteiger partial charge < -0.3 is 10.0 Å². The lowest BCUT2D eigenvalue weighted by molar-refractivity contribution is -0.385. The Morgan fingerprint density at radius 2 is 1.81 bits per heavy atom. The number of para-hydroxylation sites is 1. The first-order valence-electron chi connectivity index (χ1n) is 8.75. The summed E-state index contributed by atoms with van der Waals surface area (Å²) >= 11 is 0. The van der Waals surface area contributed by atoms with E-state index in [2.05, 4.69) is 0 Å². The molecule has 1 aliphatic heterocycles. The fourth-order valence-electron chi connectivity index (χ4n) is 3.58. The van der Waals surface area contributed by atoms with Gasteiger partial charge in [-0.2, -0.15) is 0 Å². The van der Waals surface area contributed by atoms with Gasteiger partial charge in [0, 0.05) is 18.7 Å². The Kier molecular flexibility index (Phi) is 5.32. The topological polar surface area (TPSA) is 83.7 Å². The summed E-state index contributed by atoms with van der Waals surface area (Å²) < 4.78 is 0. The van der Waals surface area contributed by atoms with Gasteiger partial charge in [-0.15, -0.1) is 0 Å². The van der Waals surface area contributed by atoms with Gasteiger partial charge in [-0.1, -0.05) is 42.5 Å². The molecule has 1 fully saturated rings. The zero-order valence-corrected chi connectivity index (χ0v) is 14.7. The van der Waals surface area contributed by atoms with Crippen molar-refractivity contribution >= 4 is 11.6 Å². The molecule has 1 unspecified atom stereocenters. The number of carbonyl (C=O) groups excluding carboxylic acids is 1. The second-order valence-electron chi connectivity index (χ2n) is 6.71. The number of nitro groups is 1. The van der Waals surface area contributed by atoms with E-state index in [0.717, 1.165) is 5.56 Å². The third-order valence-electron chi connectivity index (χ3n) is 5.07. The number of aliphatic hydroxyl groups excluding tert-OH is 1. The number of aliphatic hydroxyl groups is 1. The number of nitrogens with zero attached hydrogens (tertiary/aromatic N) is 2. The maximum Gasteiger partial charge on any atom is 0.285 e. The minimum atomic E-state index is -0.554. The molecular formula is C20H22N2O4.